The minimum Gasteiger partial charge on any atom is -0.495 e. The van der Waals surface area contributed by atoms with Crippen LogP contribution in [-0.4, -0.2) is 12.1 Å². The third kappa shape index (κ3) is 3.01. The molecule has 1 aromatic carbocycles. The van der Waals surface area contributed by atoms with E-state index in [2.05, 4.69) is 0 Å². The summed E-state index contributed by atoms with van der Waals surface area (Å²) in [6.07, 6.45) is 6.41. The zero-order valence-corrected chi connectivity index (χ0v) is 13.6. The van der Waals surface area contributed by atoms with Crippen molar-refractivity contribution < 1.29 is 4.74 Å². The van der Waals surface area contributed by atoms with Gasteiger partial charge in [-0.2, -0.15) is 0 Å². The molecule has 0 radical (unpaired) electrons. The second-order valence-corrected chi connectivity index (χ2v) is 6.92. The van der Waals surface area contributed by atoms with E-state index in [4.69, 9.17) is 27.1 Å². The van der Waals surface area contributed by atoms with E-state index >= 15 is 0 Å². The lowest BCUT2D eigenvalue weighted by molar-refractivity contribution is 0.415. The molecule has 1 aliphatic carbocycles. The molecule has 1 saturated carbocycles. The summed E-state index contributed by atoms with van der Waals surface area (Å²) in [5, 5.41) is 2.53. The average molecular weight is 323 g/mol. The summed E-state index contributed by atoms with van der Waals surface area (Å²) in [5.41, 5.74) is 7.99. The molecule has 0 unspecified atom stereocenters. The van der Waals surface area contributed by atoms with Crippen LogP contribution >= 0.6 is 22.9 Å². The van der Waals surface area contributed by atoms with Crippen molar-refractivity contribution in [2.75, 3.05) is 12.8 Å². The number of benzene rings is 1. The van der Waals surface area contributed by atoms with E-state index in [1.54, 1.807) is 18.4 Å². The standard InChI is InChI=1S/C16H19ClN2OS/c1-20-13-8-7-11(9-12(13)17)14-15(18)21-16(19-14)10-5-3-2-4-6-10/h7-10H,2-6,18H2,1H3. The van der Waals surface area contributed by atoms with E-state index in [0.29, 0.717) is 16.7 Å². The fourth-order valence-electron chi connectivity index (χ4n) is 2.89. The Morgan fingerprint density at radius 2 is 2.05 bits per heavy atom. The number of nitrogens with zero attached hydrogens (tertiary/aromatic N) is 1. The first-order chi connectivity index (χ1) is 10.2. The van der Waals surface area contributed by atoms with Crippen molar-refractivity contribution in [1.29, 1.82) is 0 Å². The highest BCUT2D eigenvalue weighted by Crippen LogP contribution is 2.40. The van der Waals surface area contributed by atoms with Gasteiger partial charge >= 0.3 is 0 Å². The van der Waals surface area contributed by atoms with Gasteiger partial charge in [-0.1, -0.05) is 30.9 Å². The van der Waals surface area contributed by atoms with Gasteiger partial charge in [0.25, 0.3) is 0 Å². The lowest BCUT2D eigenvalue weighted by atomic mass is 9.90. The quantitative estimate of drug-likeness (QED) is 0.855. The van der Waals surface area contributed by atoms with Crippen LogP contribution in [0.3, 0.4) is 0 Å². The summed E-state index contributed by atoms with van der Waals surface area (Å²) >= 11 is 7.82. The summed E-state index contributed by atoms with van der Waals surface area (Å²) in [7, 11) is 1.61. The Morgan fingerprint density at radius 3 is 2.71 bits per heavy atom. The molecule has 0 saturated heterocycles. The molecule has 0 amide bonds. The minimum absolute atomic E-state index is 0.577. The van der Waals surface area contributed by atoms with E-state index in [-0.39, 0.29) is 0 Å². The number of aromatic nitrogens is 1. The molecule has 112 valence electrons. The van der Waals surface area contributed by atoms with Crippen LogP contribution in [0.15, 0.2) is 18.2 Å². The van der Waals surface area contributed by atoms with Gasteiger partial charge in [0.15, 0.2) is 0 Å². The number of nitrogen functional groups attached to an aromatic ring is 1. The van der Waals surface area contributed by atoms with Gasteiger partial charge in [0, 0.05) is 11.5 Å². The fraction of sp³-hybridized carbons (Fsp3) is 0.438. The van der Waals surface area contributed by atoms with Crippen LogP contribution in [0.1, 0.15) is 43.0 Å². The Labute approximate surface area is 134 Å². The summed E-state index contributed by atoms with van der Waals surface area (Å²) in [6, 6.07) is 5.69. The van der Waals surface area contributed by atoms with Crippen LogP contribution in [0.5, 0.6) is 5.75 Å². The monoisotopic (exact) mass is 322 g/mol. The van der Waals surface area contributed by atoms with Crippen molar-refractivity contribution in [3.05, 3.63) is 28.2 Å². The van der Waals surface area contributed by atoms with E-state index in [1.807, 2.05) is 18.2 Å². The predicted molar refractivity (Wildman–Crippen MR) is 89.4 cm³/mol. The van der Waals surface area contributed by atoms with Gasteiger partial charge in [0.1, 0.15) is 16.4 Å². The highest BCUT2D eigenvalue weighted by atomic mass is 35.5. The Bertz CT molecular complexity index is 635. The van der Waals surface area contributed by atoms with E-state index in [1.165, 1.54) is 37.1 Å². The summed E-state index contributed by atoms with van der Waals surface area (Å²) in [4.78, 5) is 4.79. The van der Waals surface area contributed by atoms with Crippen molar-refractivity contribution in [2.24, 2.45) is 0 Å². The molecule has 1 aliphatic rings. The second kappa shape index (κ2) is 6.24. The molecule has 1 heterocycles. The molecule has 1 fully saturated rings. The van der Waals surface area contributed by atoms with Gasteiger partial charge in [0.2, 0.25) is 0 Å². The maximum absolute atomic E-state index is 6.20. The van der Waals surface area contributed by atoms with Crippen LogP contribution in [0.4, 0.5) is 5.00 Å². The molecule has 2 N–H and O–H groups in total. The molecular weight excluding hydrogens is 304 g/mol. The SMILES string of the molecule is COc1ccc(-c2nc(C3CCCCC3)sc2N)cc1Cl. The van der Waals surface area contributed by atoms with Gasteiger partial charge in [-0.3, -0.25) is 0 Å². The van der Waals surface area contributed by atoms with Crippen molar-refractivity contribution in [3.8, 4) is 17.0 Å². The van der Waals surface area contributed by atoms with Crippen molar-refractivity contribution in [2.45, 2.75) is 38.0 Å². The number of rotatable bonds is 3. The number of hydrogen-bond acceptors (Lipinski definition) is 4. The fourth-order valence-corrected chi connectivity index (χ4v) is 4.18. The predicted octanol–water partition coefficient (Wildman–Crippen LogP) is 5.10. The number of hydrogen-bond donors (Lipinski definition) is 1. The smallest absolute Gasteiger partial charge is 0.137 e. The van der Waals surface area contributed by atoms with Crippen LogP contribution in [-0.2, 0) is 0 Å². The van der Waals surface area contributed by atoms with E-state index in [9.17, 15) is 0 Å². The average Bonchev–Trinajstić information content (AvgIpc) is 2.90. The molecule has 0 aliphatic heterocycles. The molecule has 5 heteroatoms. The first-order valence-corrected chi connectivity index (χ1v) is 8.48. The Kier molecular flexibility index (Phi) is 4.36. The summed E-state index contributed by atoms with van der Waals surface area (Å²) in [5.74, 6) is 1.25. The Morgan fingerprint density at radius 1 is 1.29 bits per heavy atom. The van der Waals surface area contributed by atoms with Gasteiger partial charge in [-0.15, -0.1) is 11.3 Å². The molecule has 0 bridgehead atoms. The van der Waals surface area contributed by atoms with Crippen molar-refractivity contribution in [3.63, 3.8) is 0 Å². The van der Waals surface area contributed by atoms with Crippen molar-refractivity contribution in [1.82, 2.24) is 4.98 Å². The first-order valence-electron chi connectivity index (χ1n) is 7.29. The molecule has 0 spiro atoms. The Hall–Kier alpha value is -1.26. The number of methoxy groups -OCH3 is 1. The number of thiazole rings is 1. The van der Waals surface area contributed by atoms with Gasteiger partial charge in [-0.05, 0) is 31.0 Å². The van der Waals surface area contributed by atoms with E-state index in [0.717, 1.165) is 16.3 Å². The normalized spacial score (nSPS) is 16.1. The topological polar surface area (TPSA) is 48.1 Å². The number of ether oxygens (including phenoxy) is 1. The molecule has 3 rings (SSSR count). The zero-order chi connectivity index (χ0) is 14.8. The largest absolute Gasteiger partial charge is 0.495 e. The van der Waals surface area contributed by atoms with E-state index < -0.39 is 0 Å². The third-order valence-corrected chi connectivity index (χ3v) is 5.39. The molecule has 0 atom stereocenters. The van der Waals surface area contributed by atoms with Crippen molar-refractivity contribution >= 4 is 27.9 Å². The highest BCUT2D eigenvalue weighted by molar-refractivity contribution is 7.16. The number of anilines is 1. The number of halogens is 1. The van der Waals surface area contributed by atoms with Gasteiger partial charge in [-0.25, -0.2) is 4.98 Å². The highest BCUT2D eigenvalue weighted by Gasteiger charge is 2.21. The maximum Gasteiger partial charge on any atom is 0.137 e. The Balaban J connectivity index is 1.91. The summed E-state index contributed by atoms with van der Waals surface area (Å²) in [6.45, 7) is 0. The zero-order valence-electron chi connectivity index (χ0n) is 12.1. The third-order valence-electron chi connectivity index (χ3n) is 4.05. The number of nitrogens with two attached hydrogens (primary N) is 1. The molecule has 1 aromatic heterocycles. The van der Waals surface area contributed by atoms with Crippen LogP contribution < -0.4 is 10.5 Å². The molecular formula is C16H19ClN2OS. The molecule has 21 heavy (non-hydrogen) atoms. The molecule has 2 aromatic rings. The van der Waals surface area contributed by atoms with Gasteiger partial charge < -0.3 is 10.5 Å². The lowest BCUT2D eigenvalue weighted by Gasteiger charge is -2.18. The first kappa shape index (κ1) is 14.7. The lowest BCUT2D eigenvalue weighted by Crippen LogP contribution is -2.03. The van der Waals surface area contributed by atoms with Gasteiger partial charge in [0.05, 0.1) is 17.1 Å². The summed E-state index contributed by atoms with van der Waals surface area (Å²) < 4.78 is 5.19. The minimum atomic E-state index is 0.577. The second-order valence-electron chi connectivity index (χ2n) is 5.45. The van der Waals surface area contributed by atoms with Crippen LogP contribution in [0.25, 0.3) is 11.3 Å². The van der Waals surface area contributed by atoms with Crippen LogP contribution in [0.2, 0.25) is 5.02 Å². The van der Waals surface area contributed by atoms with Crippen LogP contribution in [0, 0.1) is 0 Å². The maximum atomic E-state index is 6.20. The molecule has 3 nitrogen and oxygen atoms in total.